The fourth-order valence-corrected chi connectivity index (χ4v) is 4.59. The van der Waals surface area contributed by atoms with Gasteiger partial charge in [0.05, 0.1) is 4.90 Å². The van der Waals surface area contributed by atoms with Crippen LogP contribution in [-0.4, -0.2) is 31.9 Å². The van der Waals surface area contributed by atoms with E-state index in [-0.39, 0.29) is 12.0 Å². The zero-order chi connectivity index (χ0) is 16.4. The van der Waals surface area contributed by atoms with Gasteiger partial charge in [0.15, 0.2) is 0 Å². The standard InChI is InChI=1S/C18H22N2O2S/c1-2-14-8-10-16(11-9-14)23(21,22)20-12-17(18(19)13-20)15-6-4-3-5-7-15/h3-11,17-18H,2,12-13,19H2,1H3/t17-,18+/m0/s1. The largest absolute Gasteiger partial charge is 0.326 e. The lowest BCUT2D eigenvalue weighted by molar-refractivity contribution is 0.470. The smallest absolute Gasteiger partial charge is 0.243 e. The maximum atomic E-state index is 12.8. The van der Waals surface area contributed by atoms with E-state index in [1.807, 2.05) is 49.4 Å². The molecule has 0 amide bonds. The highest BCUT2D eigenvalue weighted by Gasteiger charge is 2.38. The van der Waals surface area contributed by atoms with E-state index in [4.69, 9.17) is 5.73 Å². The first kappa shape index (κ1) is 16.2. The zero-order valence-corrected chi connectivity index (χ0v) is 14.0. The van der Waals surface area contributed by atoms with E-state index in [1.165, 1.54) is 4.31 Å². The summed E-state index contributed by atoms with van der Waals surface area (Å²) in [5, 5.41) is 0. The van der Waals surface area contributed by atoms with Crippen molar-refractivity contribution in [3.8, 4) is 0 Å². The molecule has 3 rings (SSSR count). The van der Waals surface area contributed by atoms with E-state index in [1.54, 1.807) is 12.1 Å². The number of hydrogen-bond donors (Lipinski definition) is 1. The molecule has 1 aliphatic rings. The molecule has 0 bridgehead atoms. The number of nitrogens with zero attached hydrogens (tertiary/aromatic N) is 1. The maximum Gasteiger partial charge on any atom is 0.243 e. The minimum absolute atomic E-state index is 0.0425. The molecular weight excluding hydrogens is 308 g/mol. The molecule has 0 spiro atoms. The summed E-state index contributed by atoms with van der Waals surface area (Å²) in [6.45, 7) is 2.84. The first-order valence-corrected chi connectivity index (χ1v) is 9.36. The fourth-order valence-electron chi connectivity index (χ4n) is 3.09. The molecular formula is C18H22N2O2S. The van der Waals surface area contributed by atoms with E-state index in [2.05, 4.69) is 0 Å². The highest BCUT2D eigenvalue weighted by molar-refractivity contribution is 7.89. The summed E-state index contributed by atoms with van der Waals surface area (Å²) in [6.07, 6.45) is 0.894. The Balaban J connectivity index is 1.84. The van der Waals surface area contributed by atoms with E-state index < -0.39 is 10.0 Å². The van der Waals surface area contributed by atoms with E-state index in [0.29, 0.717) is 18.0 Å². The molecule has 2 aromatic rings. The summed E-state index contributed by atoms with van der Waals surface area (Å²) in [5.74, 6) is 0.0425. The van der Waals surface area contributed by atoms with Crippen molar-refractivity contribution in [1.82, 2.24) is 4.31 Å². The molecule has 0 aliphatic carbocycles. The first-order valence-electron chi connectivity index (χ1n) is 7.92. The summed E-state index contributed by atoms with van der Waals surface area (Å²) < 4.78 is 27.2. The van der Waals surface area contributed by atoms with Crippen LogP contribution in [0.15, 0.2) is 59.5 Å². The predicted octanol–water partition coefficient (Wildman–Crippen LogP) is 2.36. The van der Waals surface area contributed by atoms with Gasteiger partial charge < -0.3 is 5.73 Å². The third kappa shape index (κ3) is 3.17. The molecule has 1 heterocycles. The summed E-state index contributed by atoms with van der Waals surface area (Å²) in [4.78, 5) is 0.343. The Hall–Kier alpha value is -1.69. The number of sulfonamides is 1. The highest BCUT2D eigenvalue weighted by atomic mass is 32.2. The van der Waals surface area contributed by atoms with Gasteiger partial charge in [0, 0.05) is 25.0 Å². The number of nitrogens with two attached hydrogens (primary N) is 1. The maximum absolute atomic E-state index is 12.8. The van der Waals surface area contributed by atoms with Crippen LogP contribution in [0.5, 0.6) is 0 Å². The lowest BCUT2D eigenvalue weighted by Crippen LogP contribution is -2.32. The highest BCUT2D eigenvalue weighted by Crippen LogP contribution is 2.30. The second kappa shape index (κ2) is 6.43. The monoisotopic (exact) mass is 330 g/mol. The second-order valence-corrected chi connectivity index (χ2v) is 7.94. The van der Waals surface area contributed by atoms with Crippen molar-refractivity contribution in [2.45, 2.75) is 30.2 Å². The van der Waals surface area contributed by atoms with Crippen molar-refractivity contribution in [2.75, 3.05) is 13.1 Å². The van der Waals surface area contributed by atoms with Gasteiger partial charge in [0.1, 0.15) is 0 Å². The van der Waals surface area contributed by atoms with Gasteiger partial charge in [-0.15, -0.1) is 0 Å². The van der Waals surface area contributed by atoms with Gasteiger partial charge in [-0.05, 0) is 29.7 Å². The van der Waals surface area contributed by atoms with Crippen molar-refractivity contribution in [1.29, 1.82) is 0 Å². The van der Waals surface area contributed by atoms with Crippen molar-refractivity contribution in [2.24, 2.45) is 5.73 Å². The van der Waals surface area contributed by atoms with E-state index in [9.17, 15) is 8.42 Å². The molecule has 5 heteroatoms. The zero-order valence-electron chi connectivity index (χ0n) is 13.2. The van der Waals surface area contributed by atoms with Crippen molar-refractivity contribution in [3.63, 3.8) is 0 Å². The van der Waals surface area contributed by atoms with E-state index >= 15 is 0 Å². The minimum atomic E-state index is -3.48. The lowest BCUT2D eigenvalue weighted by Gasteiger charge is -2.17. The Kier molecular flexibility index (Phi) is 4.53. The van der Waals surface area contributed by atoms with Gasteiger partial charge >= 0.3 is 0 Å². The number of hydrogen-bond acceptors (Lipinski definition) is 3. The average molecular weight is 330 g/mol. The molecule has 23 heavy (non-hydrogen) atoms. The number of benzene rings is 2. The molecule has 122 valence electrons. The Bertz CT molecular complexity index is 757. The second-order valence-electron chi connectivity index (χ2n) is 6.00. The van der Waals surface area contributed by atoms with Crippen LogP contribution in [0.1, 0.15) is 24.0 Å². The number of rotatable bonds is 4. The van der Waals surface area contributed by atoms with Crippen molar-refractivity contribution >= 4 is 10.0 Å². The quantitative estimate of drug-likeness (QED) is 0.936. The average Bonchev–Trinajstić information content (AvgIpc) is 2.98. The molecule has 2 aromatic carbocycles. The van der Waals surface area contributed by atoms with Gasteiger partial charge in [0.25, 0.3) is 0 Å². The first-order chi connectivity index (χ1) is 11.0. The van der Waals surface area contributed by atoms with Crippen LogP contribution >= 0.6 is 0 Å². The SMILES string of the molecule is CCc1ccc(S(=O)(=O)N2C[C@@H](N)[C@H](c3ccccc3)C2)cc1. The van der Waals surface area contributed by atoms with Gasteiger partial charge in [-0.1, -0.05) is 49.4 Å². The Labute approximate surface area is 138 Å². The molecule has 4 nitrogen and oxygen atoms in total. The Morgan fingerprint density at radius 1 is 1.04 bits per heavy atom. The fraction of sp³-hybridized carbons (Fsp3) is 0.333. The summed E-state index contributed by atoms with van der Waals surface area (Å²) in [5.41, 5.74) is 8.44. The molecule has 2 N–H and O–H groups in total. The molecule has 2 atom stereocenters. The molecule has 0 aromatic heterocycles. The molecule has 0 saturated carbocycles. The van der Waals surface area contributed by atoms with Crippen LogP contribution in [0.4, 0.5) is 0 Å². The van der Waals surface area contributed by atoms with Crippen LogP contribution in [0.2, 0.25) is 0 Å². The van der Waals surface area contributed by atoms with Gasteiger partial charge in [-0.3, -0.25) is 0 Å². The normalized spacial score (nSPS) is 22.3. The topological polar surface area (TPSA) is 63.4 Å². The predicted molar refractivity (Wildman–Crippen MR) is 91.7 cm³/mol. The van der Waals surface area contributed by atoms with Crippen LogP contribution in [0.25, 0.3) is 0 Å². The minimum Gasteiger partial charge on any atom is -0.326 e. The van der Waals surface area contributed by atoms with Crippen LogP contribution in [0, 0.1) is 0 Å². The third-order valence-corrected chi connectivity index (χ3v) is 6.37. The molecule has 0 radical (unpaired) electrons. The molecule has 1 fully saturated rings. The molecule has 0 unspecified atom stereocenters. The molecule has 1 saturated heterocycles. The lowest BCUT2D eigenvalue weighted by atomic mass is 9.95. The van der Waals surface area contributed by atoms with Crippen LogP contribution < -0.4 is 5.73 Å². The summed E-state index contributed by atoms with van der Waals surface area (Å²) >= 11 is 0. The van der Waals surface area contributed by atoms with Gasteiger partial charge in [0.2, 0.25) is 10.0 Å². The van der Waals surface area contributed by atoms with Crippen LogP contribution in [-0.2, 0) is 16.4 Å². The summed E-state index contributed by atoms with van der Waals surface area (Å²) in [6, 6.07) is 16.8. The van der Waals surface area contributed by atoms with Gasteiger partial charge in [-0.2, -0.15) is 4.31 Å². The van der Waals surface area contributed by atoms with Crippen LogP contribution in [0.3, 0.4) is 0 Å². The number of aryl methyl sites for hydroxylation is 1. The third-order valence-electron chi connectivity index (χ3n) is 4.53. The Morgan fingerprint density at radius 3 is 2.30 bits per heavy atom. The Morgan fingerprint density at radius 2 is 1.70 bits per heavy atom. The van der Waals surface area contributed by atoms with Gasteiger partial charge in [-0.25, -0.2) is 8.42 Å². The van der Waals surface area contributed by atoms with Crippen molar-refractivity contribution in [3.05, 3.63) is 65.7 Å². The van der Waals surface area contributed by atoms with E-state index in [0.717, 1.165) is 17.5 Å². The molecule has 1 aliphatic heterocycles. The van der Waals surface area contributed by atoms with Crippen molar-refractivity contribution < 1.29 is 8.42 Å². The summed E-state index contributed by atoms with van der Waals surface area (Å²) in [7, 11) is -3.48.